The SMILES string of the molecule is CC(C)(C)c1cc(-c2c3ccccc3c(-c3cc(C(C)(C)C)cc(C(C)(C)C)c3)c3cc4c(cc23)-c2ccc3c5c(ccc-4c25)-c2c-3c(-c3ccccc3)c3cccc(-c4ccccc4)c3c2-c2ccccc2)cc(C(C)(C)C)c1. The molecule has 0 saturated carbocycles. The van der Waals surface area contributed by atoms with Crippen LogP contribution in [0.15, 0.2) is 206 Å². The van der Waals surface area contributed by atoms with Crippen molar-refractivity contribution in [1.29, 1.82) is 0 Å². The predicted octanol–water partition coefficient (Wildman–Crippen LogP) is 23.1. The molecule has 390 valence electrons. The second-order valence-electron chi connectivity index (χ2n) is 27.2. The van der Waals surface area contributed by atoms with E-state index in [0.29, 0.717) is 0 Å². The van der Waals surface area contributed by atoms with E-state index in [1.54, 1.807) is 0 Å². The average molecular weight is 1030 g/mol. The van der Waals surface area contributed by atoms with Gasteiger partial charge in [-0.3, -0.25) is 0 Å². The van der Waals surface area contributed by atoms with Crippen LogP contribution < -0.4 is 0 Å². The van der Waals surface area contributed by atoms with Crippen molar-refractivity contribution in [2.24, 2.45) is 0 Å². The minimum Gasteiger partial charge on any atom is -0.0622 e. The molecule has 0 heterocycles. The Kier molecular flexibility index (Phi) is 11.0. The Morgan fingerprint density at radius 2 is 0.537 bits per heavy atom. The van der Waals surface area contributed by atoms with Gasteiger partial charge in [-0.15, -0.1) is 0 Å². The third-order valence-corrected chi connectivity index (χ3v) is 17.9. The summed E-state index contributed by atoms with van der Waals surface area (Å²) in [6.45, 7) is 28.4. The molecular formula is C80H70. The first-order valence-corrected chi connectivity index (χ1v) is 29.0. The standard InChI is InChI=1S/C80H70/c1-77(2,3)52-39-50(40-53(43-52)78(4,5)6)68-57-31-22-23-32-58(57)69(51-41-54(79(7,8)9)44-55(42-51)80(10,11)12)67-46-65-60-36-38-63-74-62(37-35-59(73(60)74)64(65)45-66(67)68)75-70(48-27-18-14-19-28-48)61-34-24-33-56(47-25-16-13-17-26-47)72(61)71(76(63)75)49-29-20-15-21-30-49/h13-46H,1-12H3. The van der Waals surface area contributed by atoms with Gasteiger partial charge < -0.3 is 0 Å². The maximum Gasteiger partial charge on any atom is -0.000718 e. The molecule has 2 aliphatic rings. The van der Waals surface area contributed by atoms with E-state index in [9.17, 15) is 0 Å². The molecular weight excluding hydrogens is 961 g/mol. The van der Waals surface area contributed by atoms with Crippen molar-refractivity contribution >= 4 is 43.1 Å². The van der Waals surface area contributed by atoms with Gasteiger partial charge in [-0.25, -0.2) is 0 Å². The molecule has 0 amide bonds. The van der Waals surface area contributed by atoms with Crippen LogP contribution in [0.3, 0.4) is 0 Å². The number of hydrogen-bond donors (Lipinski definition) is 0. The summed E-state index contributed by atoms with van der Waals surface area (Å²) in [5.41, 5.74) is 28.4. The molecule has 0 unspecified atom stereocenters. The lowest BCUT2D eigenvalue weighted by Gasteiger charge is -2.28. The fourth-order valence-electron chi connectivity index (χ4n) is 13.7. The molecule has 0 N–H and O–H groups in total. The maximum absolute atomic E-state index is 2.61. The van der Waals surface area contributed by atoms with Crippen LogP contribution in [0.5, 0.6) is 0 Å². The van der Waals surface area contributed by atoms with Gasteiger partial charge in [0.1, 0.15) is 0 Å². The van der Waals surface area contributed by atoms with Crippen LogP contribution in [-0.2, 0) is 21.7 Å². The van der Waals surface area contributed by atoms with E-state index in [-0.39, 0.29) is 21.7 Å². The van der Waals surface area contributed by atoms with Gasteiger partial charge in [0, 0.05) is 0 Å². The molecule has 2 aliphatic carbocycles. The van der Waals surface area contributed by atoms with Crippen LogP contribution in [0.1, 0.15) is 105 Å². The molecule has 12 aromatic rings. The molecule has 0 aliphatic heterocycles. The van der Waals surface area contributed by atoms with E-state index < -0.39 is 0 Å². The summed E-state index contributed by atoms with van der Waals surface area (Å²) in [5, 5.41) is 10.4. The van der Waals surface area contributed by atoms with Crippen molar-refractivity contribution in [3.8, 4) is 100 Å². The summed E-state index contributed by atoms with van der Waals surface area (Å²) in [6, 6.07) is 79.8. The van der Waals surface area contributed by atoms with Crippen LogP contribution in [-0.4, -0.2) is 0 Å². The molecule has 0 radical (unpaired) electrons. The monoisotopic (exact) mass is 1030 g/mol. The molecule has 0 nitrogen and oxygen atoms in total. The molecule has 0 fully saturated rings. The molecule has 0 bridgehead atoms. The Bertz CT molecular complexity index is 4340. The highest BCUT2D eigenvalue weighted by Gasteiger charge is 2.36. The van der Waals surface area contributed by atoms with Crippen LogP contribution in [0.4, 0.5) is 0 Å². The molecule has 0 saturated heterocycles. The first-order valence-electron chi connectivity index (χ1n) is 29.0. The van der Waals surface area contributed by atoms with Gasteiger partial charge in [0.25, 0.3) is 0 Å². The highest BCUT2D eigenvalue weighted by molar-refractivity contribution is 6.34. The topological polar surface area (TPSA) is 0 Å². The largest absolute Gasteiger partial charge is 0.0622 e. The summed E-state index contributed by atoms with van der Waals surface area (Å²) in [5.74, 6) is 0. The Morgan fingerprint density at radius 1 is 0.188 bits per heavy atom. The second-order valence-corrected chi connectivity index (χ2v) is 27.2. The zero-order chi connectivity index (χ0) is 55.4. The van der Waals surface area contributed by atoms with Gasteiger partial charge >= 0.3 is 0 Å². The van der Waals surface area contributed by atoms with Gasteiger partial charge in [-0.2, -0.15) is 0 Å². The van der Waals surface area contributed by atoms with Gasteiger partial charge in [0.2, 0.25) is 0 Å². The normalized spacial score (nSPS) is 13.0. The summed E-state index contributed by atoms with van der Waals surface area (Å²) in [4.78, 5) is 0. The first kappa shape index (κ1) is 49.9. The van der Waals surface area contributed by atoms with Crippen molar-refractivity contribution in [3.63, 3.8) is 0 Å². The van der Waals surface area contributed by atoms with Crippen LogP contribution in [0, 0.1) is 0 Å². The molecule has 14 rings (SSSR count). The van der Waals surface area contributed by atoms with Crippen molar-refractivity contribution in [2.75, 3.05) is 0 Å². The Labute approximate surface area is 473 Å². The fourth-order valence-corrected chi connectivity index (χ4v) is 13.7. The van der Waals surface area contributed by atoms with Crippen molar-refractivity contribution in [2.45, 2.75) is 105 Å². The summed E-state index contributed by atoms with van der Waals surface area (Å²) in [6.07, 6.45) is 0. The third kappa shape index (κ3) is 7.69. The van der Waals surface area contributed by atoms with Crippen molar-refractivity contribution < 1.29 is 0 Å². The molecule has 0 spiro atoms. The fraction of sp³-hybridized carbons (Fsp3) is 0.200. The smallest absolute Gasteiger partial charge is 0.000718 e. The van der Waals surface area contributed by atoms with E-state index in [2.05, 4.69) is 289 Å². The predicted molar refractivity (Wildman–Crippen MR) is 347 cm³/mol. The van der Waals surface area contributed by atoms with Crippen LogP contribution in [0.25, 0.3) is 143 Å². The quantitative estimate of drug-likeness (QED) is 0.151. The molecule has 12 aromatic carbocycles. The second kappa shape index (κ2) is 17.6. The first-order chi connectivity index (χ1) is 38.2. The number of fused-ring (bicyclic) bond motifs is 9. The Balaban J connectivity index is 1.13. The maximum atomic E-state index is 2.61. The minimum absolute atomic E-state index is 0.0498. The Hall–Kier alpha value is -8.32. The molecule has 0 atom stereocenters. The molecule has 80 heavy (non-hydrogen) atoms. The number of rotatable bonds is 5. The zero-order valence-corrected chi connectivity index (χ0v) is 48.6. The van der Waals surface area contributed by atoms with E-state index in [1.165, 1.54) is 165 Å². The Morgan fingerprint density at radius 3 is 0.963 bits per heavy atom. The number of hydrogen-bond acceptors (Lipinski definition) is 0. The molecule has 0 heteroatoms. The van der Waals surface area contributed by atoms with Crippen molar-refractivity contribution in [1.82, 2.24) is 0 Å². The summed E-state index contributed by atoms with van der Waals surface area (Å²) >= 11 is 0. The number of benzene rings is 12. The van der Waals surface area contributed by atoms with E-state index in [1.807, 2.05) is 0 Å². The lowest BCUT2D eigenvalue weighted by Crippen LogP contribution is -2.16. The van der Waals surface area contributed by atoms with Gasteiger partial charge in [-0.05, 0) is 199 Å². The van der Waals surface area contributed by atoms with Crippen molar-refractivity contribution in [3.05, 3.63) is 229 Å². The highest BCUT2D eigenvalue weighted by Crippen LogP contribution is 2.63. The van der Waals surface area contributed by atoms with Crippen LogP contribution >= 0.6 is 0 Å². The zero-order valence-electron chi connectivity index (χ0n) is 48.6. The van der Waals surface area contributed by atoms with E-state index in [4.69, 9.17) is 0 Å². The van der Waals surface area contributed by atoms with E-state index in [0.717, 1.165) is 0 Å². The lowest BCUT2D eigenvalue weighted by molar-refractivity contribution is 0.568. The highest BCUT2D eigenvalue weighted by atomic mass is 14.4. The molecule has 0 aromatic heterocycles. The van der Waals surface area contributed by atoms with Crippen LogP contribution in [0.2, 0.25) is 0 Å². The minimum atomic E-state index is -0.0498. The van der Waals surface area contributed by atoms with E-state index >= 15 is 0 Å². The van der Waals surface area contributed by atoms with Gasteiger partial charge in [-0.1, -0.05) is 277 Å². The average Bonchev–Trinajstić information content (AvgIpc) is 3.80. The summed E-state index contributed by atoms with van der Waals surface area (Å²) < 4.78 is 0. The van der Waals surface area contributed by atoms with Gasteiger partial charge in [0.15, 0.2) is 0 Å². The third-order valence-electron chi connectivity index (χ3n) is 17.9. The van der Waals surface area contributed by atoms with Gasteiger partial charge in [0.05, 0.1) is 0 Å². The summed E-state index contributed by atoms with van der Waals surface area (Å²) in [7, 11) is 0. The lowest BCUT2D eigenvalue weighted by atomic mass is 9.76.